The summed E-state index contributed by atoms with van der Waals surface area (Å²) in [5.41, 5.74) is 0. The average molecular weight is 322 g/mol. The summed E-state index contributed by atoms with van der Waals surface area (Å²) >= 11 is 0. The van der Waals surface area contributed by atoms with Gasteiger partial charge in [0.25, 0.3) is 5.82 Å². The highest BCUT2D eigenvalue weighted by atomic mass is 15.1. The van der Waals surface area contributed by atoms with Gasteiger partial charge >= 0.3 is 0 Å². The van der Waals surface area contributed by atoms with E-state index in [9.17, 15) is 0 Å². The van der Waals surface area contributed by atoms with Crippen LogP contribution in [0, 0.1) is 6.92 Å². The fraction of sp³-hybridized carbons (Fsp3) is 0.857. The minimum Gasteiger partial charge on any atom is -0.237 e. The SMILES string of the molecule is CCCCCCCCCC(CCCCCC)n1cc[n+](C)c1C. The van der Waals surface area contributed by atoms with Gasteiger partial charge in [-0.05, 0) is 25.7 Å². The van der Waals surface area contributed by atoms with Crippen molar-refractivity contribution >= 4 is 0 Å². The van der Waals surface area contributed by atoms with Crippen LogP contribution < -0.4 is 4.57 Å². The van der Waals surface area contributed by atoms with Gasteiger partial charge in [0.05, 0.1) is 7.05 Å². The van der Waals surface area contributed by atoms with Crippen LogP contribution in [0.15, 0.2) is 12.4 Å². The van der Waals surface area contributed by atoms with Crippen molar-refractivity contribution in [3.8, 4) is 0 Å². The Bertz CT molecular complexity index is 395. The monoisotopic (exact) mass is 321 g/mol. The Kier molecular flexibility index (Phi) is 11.1. The Hall–Kier alpha value is -0.790. The first kappa shape index (κ1) is 20.3. The van der Waals surface area contributed by atoms with Crippen molar-refractivity contribution in [3.63, 3.8) is 0 Å². The predicted octanol–water partition coefficient (Wildman–Crippen LogP) is 6.27. The molecule has 0 aliphatic rings. The number of aryl methyl sites for hydroxylation is 1. The summed E-state index contributed by atoms with van der Waals surface area (Å²) in [5.74, 6) is 1.40. The highest BCUT2D eigenvalue weighted by molar-refractivity contribution is 4.85. The number of hydrogen-bond acceptors (Lipinski definition) is 0. The van der Waals surface area contributed by atoms with E-state index in [2.05, 4.69) is 49.3 Å². The first-order valence-corrected chi connectivity index (χ1v) is 10.2. The lowest BCUT2D eigenvalue weighted by molar-refractivity contribution is -0.677. The van der Waals surface area contributed by atoms with Gasteiger partial charge in [-0.3, -0.25) is 0 Å². The molecular weight excluding hydrogens is 280 g/mol. The molecule has 1 rings (SSSR count). The van der Waals surface area contributed by atoms with Gasteiger partial charge in [0.15, 0.2) is 0 Å². The van der Waals surface area contributed by atoms with Crippen molar-refractivity contribution in [1.82, 2.24) is 4.57 Å². The zero-order chi connectivity index (χ0) is 16.9. The van der Waals surface area contributed by atoms with E-state index < -0.39 is 0 Å². The standard InChI is InChI=1S/C21H41N2/c1-5-7-9-11-12-13-15-17-21(16-14-10-8-6-2)23-19-18-22(4)20(23)3/h18-19,21H,5-17H2,1-4H3/q+1. The molecule has 0 amide bonds. The number of hydrogen-bond donors (Lipinski definition) is 0. The summed E-state index contributed by atoms with van der Waals surface area (Å²) in [6.07, 6.45) is 22.6. The fourth-order valence-corrected chi connectivity index (χ4v) is 3.52. The average Bonchev–Trinajstić information content (AvgIpc) is 2.88. The number of nitrogens with zero attached hydrogens (tertiary/aromatic N) is 2. The van der Waals surface area contributed by atoms with Gasteiger partial charge in [0.2, 0.25) is 0 Å². The molecule has 1 aromatic heterocycles. The smallest absolute Gasteiger partial charge is 0.237 e. The Morgan fingerprint density at radius 2 is 1.30 bits per heavy atom. The lowest BCUT2D eigenvalue weighted by Gasteiger charge is -2.15. The second-order valence-corrected chi connectivity index (χ2v) is 7.28. The molecule has 0 saturated carbocycles. The summed E-state index contributed by atoms with van der Waals surface area (Å²) in [6.45, 7) is 6.85. The molecule has 23 heavy (non-hydrogen) atoms. The van der Waals surface area contributed by atoms with E-state index >= 15 is 0 Å². The van der Waals surface area contributed by atoms with E-state index in [1.54, 1.807) is 0 Å². The normalized spacial score (nSPS) is 12.7. The van der Waals surface area contributed by atoms with Crippen molar-refractivity contribution in [3.05, 3.63) is 18.2 Å². The third kappa shape index (κ3) is 8.04. The van der Waals surface area contributed by atoms with Gasteiger partial charge in [-0.1, -0.05) is 71.6 Å². The van der Waals surface area contributed by atoms with E-state index in [4.69, 9.17) is 0 Å². The Morgan fingerprint density at radius 1 is 0.826 bits per heavy atom. The molecule has 0 aliphatic heterocycles. The molecule has 134 valence electrons. The summed E-state index contributed by atoms with van der Waals surface area (Å²) in [4.78, 5) is 0. The van der Waals surface area contributed by atoms with Crippen LogP contribution in [-0.2, 0) is 7.05 Å². The zero-order valence-corrected chi connectivity index (χ0v) is 16.3. The summed E-state index contributed by atoms with van der Waals surface area (Å²) < 4.78 is 4.78. The van der Waals surface area contributed by atoms with Gasteiger partial charge in [0, 0.05) is 6.92 Å². The molecule has 0 N–H and O–H groups in total. The molecule has 0 fully saturated rings. The number of unbranched alkanes of at least 4 members (excludes halogenated alkanes) is 9. The third-order valence-electron chi connectivity index (χ3n) is 5.26. The highest BCUT2D eigenvalue weighted by Crippen LogP contribution is 2.24. The van der Waals surface area contributed by atoms with E-state index in [1.165, 1.54) is 89.3 Å². The first-order chi connectivity index (χ1) is 11.2. The maximum Gasteiger partial charge on any atom is 0.253 e. The molecule has 2 heteroatoms. The Labute approximate surface area is 145 Å². The minimum atomic E-state index is 0.712. The van der Waals surface area contributed by atoms with Crippen molar-refractivity contribution in [2.45, 2.75) is 110 Å². The maximum atomic E-state index is 2.53. The quantitative estimate of drug-likeness (QED) is 0.282. The van der Waals surface area contributed by atoms with Gasteiger partial charge in [0.1, 0.15) is 18.4 Å². The van der Waals surface area contributed by atoms with E-state index in [1.807, 2.05) is 0 Å². The van der Waals surface area contributed by atoms with Crippen LogP contribution in [0.3, 0.4) is 0 Å². The van der Waals surface area contributed by atoms with Crippen LogP contribution >= 0.6 is 0 Å². The van der Waals surface area contributed by atoms with Gasteiger partial charge in [-0.15, -0.1) is 0 Å². The predicted molar refractivity (Wildman–Crippen MR) is 101 cm³/mol. The van der Waals surface area contributed by atoms with Gasteiger partial charge in [-0.2, -0.15) is 0 Å². The molecule has 0 saturated heterocycles. The molecule has 0 aliphatic carbocycles. The minimum absolute atomic E-state index is 0.712. The largest absolute Gasteiger partial charge is 0.253 e. The fourth-order valence-electron chi connectivity index (χ4n) is 3.52. The second-order valence-electron chi connectivity index (χ2n) is 7.28. The Balaban J connectivity index is 2.37. The molecule has 2 nitrogen and oxygen atoms in total. The van der Waals surface area contributed by atoms with Crippen LogP contribution in [-0.4, -0.2) is 4.57 Å². The van der Waals surface area contributed by atoms with Crippen molar-refractivity contribution < 1.29 is 4.57 Å². The summed E-state index contributed by atoms with van der Waals surface area (Å²) in [6, 6.07) is 0.712. The zero-order valence-electron chi connectivity index (χ0n) is 16.3. The van der Waals surface area contributed by atoms with Crippen molar-refractivity contribution in [2.75, 3.05) is 0 Å². The van der Waals surface area contributed by atoms with E-state index in [0.29, 0.717) is 6.04 Å². The van der Waals surface area contributed by atoms with Gasteiger partial charge < -0.3 is 0 Å². The molecule has 1 unspecified atom stereocenters. The van der Waals surface area contributed by atoms with Crippen molar-refractivity contribution in [1.29, 1.82) is 0 Å². The van der Waals surface area contributed by atoms with E-state index in [0.717, 1.165) is 0 Å². The van der Waals surface area contributed by atoms with Crippen molar-refractivity contribution in [2.24, 2.45) is 7.05 Å². The van der Waals surface area contributed by atoms with Crippen LogP contribution in [0.4, 0.5) is 0 Å². The second kappa shape index (κ2) is 12.6. The lowest BCUT2D eigenvalue weighted by atomic mass is 10.00. The molecule has 0 spiro atoms. The molecule has 1 aromatic rings. The lowest BCUT2D eigenvalue weighted by Crippen LogP contribution is -2.30. The Morgan fingerprint density at radius 3 is 1.78 bits per heavy atom. The van der Waals surface area contributed by atoms with Crippen LogP contribution in [0.25, 0.3) is 0 Å². The molecule has 0 bridgehead atoms. The molecule has 0 radical (unpaired) electrons. The maximum absolute atomic E-state index is 2.53. The molecule has 1 heterocycles. The number of rotatable bonds is 14. The van der Waals surface area contributed by atoms with Gasteiger partial charge in [-0.25, -0.2) is 9.13 Å². The van der Waals surface area contributed by atoms with Crippen LogP contribution in [0.2, 0.25) is 0 Å². The molecule has 1 atom stereocenters. The van der Waals surface area contributed by atoms with Crippen LogP contribution in [0.5, 0.6) is 0 Å². The molecule has 0 aromatic carbocycles. The first-order valence-electron chi connectivity index (χ1n) is 10.2. The summed E-state index contributed by atoms with van der Waals surface area (Å²) in [7, 11) is 2.16. The topological polar surface area (TPSA) is 8.81 Å². The van der Waals surface area contributed by atoms with Crippen LogP contribution in [0.1, 0.15) is 109 Å². The van der Waals surface area contributed by atoms with E-state index in [-0.39, 0.29) is 0 Å². The highest BCUT2D eigenvalue weighted by Gasteiger charge is 2.19. The number of imidazole rings is 1. The molecular formula is C21H41N2+. The third-order valence-corrected chi connectivity index (χ3v) is 5.26. The number of aromatic nitrogens is 2. The summed E-state index contributed by atoms with van der Waals surface area (Å²) in [5, 5.41) is 0.